The number of carbonyl (C=O) groups excluding carboxylic acids is 1. The molecule has 0 aliphatic rings. The molecule has 0 unspecified atom stereocenters. The Labute approximate surface area is 132 Å². The molecule has 0 spiro atoms. The molecule has 0 heterocycles. The topological polar surface area (TPSA) is 38.3 Å². The van der Waals surface area contributed by atoms with Gasteiger partial charge in [-0.1, -0.05) is 60.7 Å². The van der Waals surface area contributed by atoms with E-state index in [2.05, 4.69) is 17.4 Å². The van der Waals surface area contributed by atoms with Gasteiger partial charge in [0.1, 0.15) is 6.04 Å². The summed E-state index contributed by atoms with van der Waals surface area (Å²) in [5, 5.41) is 3.30. The Bertz CT molecular complexity index is 554. The van der Waals surface area contributed by atoms with Crippen LogP contribution >= 0.6 is 0 Å². The van der Waals surface area contributed by atoms with E-state index >= 15 is 0 Å². The minimum absolute atomic E-state index is 0.191. The number of benzene rings is 2. The molecule has 0 saturated carbocycles. The lowest BCUT2D eigenvalue weighted by Crippen LogP contribution is -2.37. The quantitative estimate of drug-likeness (QED) is 0.759. The molecule has 0 aliphatic carbocycles. The van der Waals surface area contributed by atoms with Crippen molar-refractivity contribution in [3.05, 3.63) is 71.8 Å². The Balaban J connectivity index is 1.82. The summed E-state index contributed by atoms with van der Waals surface area (Å²) < 4.78 is 4.90. The lowest BCUT2D eigenvalue weighted by Gasteiger charge is -2.16. The van der Waals surface area contributed by atoms with Gasteiger partial charge in [0.2, 0.25) is 0 Å². The number of carbonyl (C=O) groups is 1. The zero-order chi connectivity index (χ0) is 15.6. The molecular weight excluding hydrogens is 274 g/mol. The normalized spacial score (nSPS) is 11.9. The first-order chi connectivity index (χ1) is 10.8. The van der Waals surface area contributed by atoms with Crippen LogP contribution in [0.1, 0.15) is 24.0 Å². The van der Waals surface area contributed by atoms with Crippen molar-refractivity contribution in [3.8, 4) is 0 Å². The maximum atomic E-state index is 11.9. The van der Waals surface area contributed by atoms with E-state index in [0.717, 1.165) is 19.3 Å². The fraction of sp³-hybridized carbons (Fsp3) is 0.316. The van der Waals surface area contributed by atoms with Crippen LogP contribution in [0.4, 0.5) is 0 Å². The van der Waals surface area contributed by atoms with E-state index in [1.165, 1.54) is 18.2 Å². The molecule has 0 radical (unpaired) electrons. The second kappa shape index (κ2) is 9.00. The van der Waals surface area contributed by atoms with Gasteiger partial charge in [-0.05, 0) is 30.4 Å². The molecule has 0 aromatic heterocycles. The van der Waals surface area contributed by atoms with Gasteiger partial charge < -0.3 is 10.1 Å². The zero-order valence-corrected chi connectivity index (χ0v) is 13.0. The van der Waals surface area contributed by atoms with Crippen molar-refractivity contribution in [3.63, 3.8) is 0 Å². The van der Waals surface area contributed by atoms with Gasteiger partial charge >= 0.3 is 5.97 Å². The fourth-order valence-corrected chi connectivity index (χ4v) is 2.44. The Morgan fingerprint density at radius 1 is 1.00 bits per heavy atom. The van der Waals surface area contributed by atoms with Gasteiger partial charge in [0.15, 0.2) is 0 Å². The summed E-state index contributed by atoms with van der Waals surface area (Å²) in [6.45, 7) is 0.673. The molecule has 2 aromatic carbocycles. The Morgan fingerprint density at radius 3 is 2.18 bits per heavy atom. The lowest BCUT2D eigenvalue weighted by atomic mass is 10.0. The van der Waals surface area contributed by atoms with Crippen LogP contribution in [-0.4, -0.2) is 19.1 Å². The first-order valence-electron chi connectivity index (χ1n) is 7.68. The average molecular weight is 297 g/mol. The highest BCUT2D eigenvalue weighted by molar-refractivity contribution is 5.75. The number of ether oxygens (including phenoxy) is 1. The van der Waals surface area contributed by atoms with Crippen molar-refractivity contribution >= 4 is 5.97 Å². The Kier molecular flexibility index (Phi) is 6.65. The van der Waals surface area contributed by atoms with Crippen LogP contribution in [0.25, 0.3) is 0 Å². The molecule has 1 atom stereocenters. The molecular formula is C19H23NO2. The smallest absolute Gasteiger partial charge is 0.322 e. The number of rotatable bonds is 8. The summed E-state index contributed by atoms with van der Waals surface area (Å²) in [7, 11) is 1.44. The van der Waals surface area contributed by atoms with Crippen molar-refractivity contribution < 1.29 is 9.53 Å². The van der Waals surface area contributed by atoms with E-state index in [4.69, 9.17) is 4.74 Å². The van der Waals surface area contributed by atoms with Crippen LogP contribution in [-0.2, 0) is 22.5 Å². The zero-order valence-electron chi connectivity index (χ0n) is 13.0. The minimum Gasteiger partial charge on any atom is -0.468 e. The number of esters is 1. The second-order valence-electron chi connectivity index (χ2n) is 5.32. The minimum atomic E-state index is -0.256. The van der Waals surface area contributed by atoms with Crippen molar-refractivity contribution in [2.45, 2.75) is 31.8 Å². The Morgan fingerprint density at radius 2 is 1.59 bits per heavy atom. The molecule has 1 N–H and O–H groups in total. The van der Waals surface area contributed by atoms with E-state index in [1.54, 1.807) is 0 Å². The highest BCUT2D eigenvalue weighted by atomic mass is 16.5. The molecule has 0 saturated heterocycles. The fourth-order valence-electron chi connectivity index (χ4n) is 2.44. The van der Waals surface area contributed by atoms with Crippen LogP contribution in [0.2, 0.25) is 0 Å². The standard InChI is InChI=1S/C19H23NO2/c1-22-19(21)18(20-15-17-11-6-3-7-12-17)14-8-13-16-9-4-2-5-10-16/h2-7,9-12,18,20H,8,13-15H2,1H3/t18-/m1/s1. The maximum absolute atomic E-state index is 11.9. The maximum Gasteiger partial charge on any atom is 0.322 e. The molecule has 0 fully saturated rings. The van der Waals surface area contributed by atoms with Crippen molar-refractivity contribution in [1.29, 1.82) is 0 Å². The van der Waals surface area contributed by atoms with Crippen LogP contribution < -0.4 is 5.32 Å². The first kappa shape index (κ1) is 16.2. The first-order valence-corrected chi connectivity index (χ1v) is 7.68. The highest BCUT2D eigenvalue weighted by Crippen LogP contribution is 2.08. The van der Waals surface area contributed by atoms with Gasteiger partial charge in [0.25, 0.3) is 0 Å². The van der Waals surface area contributed by atoms with Crippen molar-refractivity contribution in [2.75, 3.05) is 7.11 Å². The van der Waals surface area contributed by atoms with Crippen LogP contribution in [0, 0.1) is 0 Å². The molecule has 116 valence electrons. The molecule has 0 bridgehead atoms. The third kappa shape index (κ3) is 5.34. The van der Waals surface area contributed by atoms with E-state index in [1.807, 2.05) is 48.5 Å². The SMILES string of the molecule is COC(=O)[C@@H](CCCc1ccccc1)NCc1ccccc1. The number of methoxy groups -OCH3 is 1. The lowest BCUT2D eigenvalue weighted by molar-refractivity contribution is -0.143. The van der Waals surface area contributed by atoms with E-state index in [-0.39, 0.29) is 12.0 Å². The molecule has 3 nitrogen and oxygen atoms in total. The van der Waals surface area contributed by atoms with Crippen molar-refractivity contribution in [2.24, 2.45) is 0 Å². The van der Waals surface area contributed by atoms with Gasteiger partial charge in [0.05, 0.1) is 7.11 Å². The molecule has 3 heteroatoms. The van der Waals surface area contributed by atoms with E-state index < -0.39 is 0 Å². The summed E-state index contributed by atoms with van der Waals surface area (Å²) >= 11 is 0. The van der Waals surface area contributed by atoms with Crippen molar-refractivity contribution in [1.82, 2.24) is 5.32 Å². The monoisotopic (exact) mass is 297 g/mol. The van der Waals surface area contributed by atoms with Gasteiger partial charge in [-0.2, -0.15) is 0 Å². The molecule has 0 amide bonds. The number of aryl methyl sites for hydroxylation is 1. The van der Waals surface area contributed by atoms with Gasteiger partial charge in [-0.25, -0.2) is 0 Å². The molecule has 2 rings (SSSR count). The summed E-state index contributed by atoms with van der Waals surface area (Å²) in [5.74, 6) is -0.191. The van der Waals surface area contributed by atoms with Crippen LogP contribution in [0.15, 0.2) is 60.7 Å². The third-order valence-corrected chi connectivity index (χ3v) is 3.68. The highest BCUT2D eigenvalue weighted by Gasteiger charge is 2.17. The molecule has 0 aliphatic heterocycles. The molecule has 2 aromatic rings. The van der Waals surface area contributed by atoms with Gasteiger partial charge in [-0.3, -0.25) is 4.79 Å². The van der Waals surface area contributed by atoms with E-state index in [9.17, 15) is 4.79 Å². The van der Waals surface area contributed by atoms with Gasteiger partial charge in [0, 0.05) is 6.54 Å². The second-order valence-corrected chi connectivity index (χ2v) is 5.32. The third-order valence-electron chi connectivity index (χ3n) is 3.68. The Hall–Kier alpha value is -2.13. The number of hydrogen-bond donors (Lipinski definition) is 1. The average Bonchev–Trinajstić information content (AvgIpc) is 2.59. The predicted molar refractivity (Wildman–Crippen MR) is 88.5 cm³/mol. The largest absolute Gasteiger partial charge is 0.468 e. The van der Waals surface area contributed by atoms with E-state index in [0.29, 0.717) is 6.54 Å². The summed E-state index contributed by atoms with van der Waals surface area (Å²) in [5.41, 5.74) is 2.47. The van der Waals surface area contributed by atoms with Gasteiger partial charge in [-0.15, -0.1) is 0 Å². The van der Waals surface area contributed by atoms with Crippen LogP contribution in [0.5, 0.6) is 0 Å². The number of hydrogen-bond acceptors (Lipinski definition) is 3. The summed E-state index contributed by atoms with van der Waals surface area (Å²) in [4.78, 5) is 11.9. The number of nitrogens with one attached hydrogen (secondary N) is 1. The van der Waals surface area contributed by atoms with Crippen LogP contribution in [0.3, 0.4) is 0 Å². The summed E-state index contributed by atoms with van der Waals surface area (Å²) in [6.07, 6.45) is 2.70. The summed E-state index contributed by atoms with van der Waals surface area (Å²) in [6, 6.07) is 20.2. The predicted octanol–water partition coefficient (Wildman–Crippen LogP) is 3.34. The molecule has 22 heavy (non-hydrogen) atoms.